The molecule has 0 aromatic carbocycles. The van der Waals surface area contributed by atoms with E-state index in [0.717, 1.165) is 51.5 Å². The molecule has 3 N–H and O–H groups in total. The minimum atomic E-state index is 0.602. The van der Waals surface area contributed by atoms with Gasteiger partial charge in [0.25, 0.3) is 0 Å². The van der Waals surface area contributed by atoms with Crippen molar-refractivity contribution in [2.24, 2.45) is 5.10 Å². The average molecular weight is 259 g/mol. The first-order chi connectivity index (χ1) is 8.22. The maximum absolute atomic E-state index is 5.31. The summed E-state index contributed by atoms with van der Waals surface area (Å²) >= 11 is 5.12. The molecule has 0 aliphatic carbocycles. The molecule has 0 aromatic heterocycles. The molecule has 1 fully saturated rings. The van der Waals surface area contributed by atoms with Crippen LogP contribution in [0.4, 0.5) is 0 Å². The fourth-order valence-corrected chi connectivity index (χ4v) is 1.68. The summed E-state index contributed by atoms with van der Waals surface area (Å²) in [5.74, 6) is 0. The normalized spacial score (nSPS) is 17.9. The van der Waals surface area contributed by atoms with Crippen molar-refractivity contribution in [2.75, 3.05) is 39.4 Å². The summed E-state index contributed by atoms with van der Waals surface area (Å²) < 4.78 is 5.31. The zero-order valence-electron chi connectivity index (χ0n) is 10.7. The van der Waals surface area contributed by atoms with E-state index in [1.165, 1.54) is 0 Å². The van der Waals surface area contributed by atoms with E-state index < -0.39 is 0 Å². The number of hydrogen-bond donors (Lipinski definition) is 3. The number of morpholine rings is 1. The topological polar surface area (TPSA) is 50.1 Å². The first-order valence-corrected chi connectivity index (χ1v) is 6.61. The fourth-order valence-electron chi connectivity index (χ4n) is 1.53. The van der Waals surface area contributed by atoms with Crippen molar-refractivity contribution in [1.82, 2.24) is 10.7 Å². The van der Waals surface area contributed by atoms with Crippen LogP contribution >= 0.6 is 12.2 Å². The molecule has 6 heteroatoms. The van der Waals surface area contributed by atoms with Crippen molar-refractivity contribution in [3.63, 3.8) is 0 Å². The van der Waals surface area contributed by atoms with Gasteiger partial charge in [-0.25, -0.2) is 0 Å². The van der Waals surface area contributed by atoms with E-state index in [9.17, 15) is 0 Å². The molecule has 5 nitrogen and oxygen atoms in total. The second-order valence-electron chi connectivity index (χ2n) is 4.18. The van der Waals surface area contributed by atoms with Crippen molar-refractivity contribution in [1.29, 1.82) is 0 Å². The molecule has 98 valence electrons. The van der Waals surface area contributed by atoms with E-state index in [-0.39, 0.29) is 0 Å². The number of hydrazone groups is 1. The number of ether oxygens (including phenoxy) is 1. The summed E-state index contributed by atoms with van der Waals surface area (Å²) in [6.45, 7) is 9.93. The van der Waals surface area contributed by atoms with Gasteiger partial charge in [-0.2, -0.15) is 5.10 Å². The predicted octanol–water partition coefficient (Wildman–Crippen LogP) is -0.848. The number of nitrogens with one attached hydrogen (secondary N) is 3. The summed E-state index contributed by atoms with van der Waals surface area (Å²) in [6, 6.07) is 0. The van der Waals surface area contributed by atoms with Crippen LogP contribution in [0.5, 0.6) is 0 Å². The molecule has 0 aromatic rings. The molecule has 1 aliphatic rings. The van der Waals surface area contributed by atoms with Crippen LogP contribution in [0.1, 0.15) is 20.3 Å². The van der Waals surface area contributed by atoms with Gasteiger partial charge in [-0.05, 0) is 25.6 Å². The Balaban J connectivity index is 2.07. The van der Waals surface area contributed by atoms with Crippen LogP contribution in [-0.2, 0) is 4.74 Å². The van der Waals surface area contributed by atoms with Crippen molar-refractivity contribution in [3.8, 4) is 0 Å². The molecule has 0 unspecified atom stereocenters. The van der Waals surface area contributed by atoms with Gasteiger partial charge in [0.1, 0.15) is 13.1 Å². The third-order valence-electron chi connectivity index (χ3n) is 2.82. The van der Waals surface area contributed by atoms with E-state index in [1.54, 1.807) is 4.90 Å². The highest BCUT2D eigenvalue weighted by Gasteiger charge is 2.12. The Labute approximate surface area is 109 Å². The summed E-state index contributed by atoms with van der Waals surface area (Å²) in [5, 5.41) is 7.91. The van der Waals surface area contributed by atoms with Crippen molar-refractivity contribution in [3.05, 3.63) is 0 Å². The highest BCUT2D eigenvalue weighted by Crippen LogP contribution is 1.80. The van der Waals surface area contributed by atoms with Gasteiger partial charge in [-0.3, -0.25) is 5.43 Å². The monoisotopic (exact) mass is 259 g/mol. The molecule has 1 aliphatic heterocycles. The number of hydrogen-bond acceptors (Lipinski definition) is 3. The minimum Gasteiger partial charge on any atom is -0.370 e. The lowest BCUT2D eigenvalue weighted by Gasteiger charge is -2.23. The molecule has 0 bridgehead atoms. The standard InChI is InChI=1S/C11H22N4OS/c1-3-10(2)13-14-11(17)12-4-5-15-6-8-16-9-7-15/h3-9H2,1-2H3,(H2,12,14,17)/p+1/b13-10-. The highest BCUT2D eigenvalue weighted by atomic mass is 32.1. The molecule has 0 amide bonds. The largest absolute Gasteiger partial charge is 0.370 e. The molecular weight excluding hydrogens is 236 g/mol. The number of thiocarbonyl (C=S) groups is 1. The van der Waals surface area contributed by atoms with Crippen LogP contribution in [0.3, 0.4) is 0 Å². The van der Waals surface area contributed by atoms with Gasteiger partial charge in [0, 0.05) is 5.71 Å². The molecule has 0 radical (unpaired) electrons. The quantitative estimate of drug-likeness (QED) is 0.342. The maximum Gasteiger partial charge on any atom is 0.187 e. The van der Waals surface area contributed by atoms with Gasteiger partial charge in [0.15, 0.2) is 5.11 Å². The van der Waals surface area contributed by atoms with Gasteiger partial charge in [-0.15, -0.1) is 0 Å². The number of rotatable bonds is 5. The summed E-state index contributed by atoms with van der Waals surface area (Å²) in [4.78, 5) is 1.57. The summed E-state index contributed by atoms with van der Waals surface area (Å²) in [5.41, 5.74) is 3.89. The minimum absolute atomic E-state index is 0.602. The molecule has 1 heterocycles. The molecule has 1 rings (SSSR count). The van der Waals surface area contributed by atoms with Gasteiger partial charge < -0.3 is 15.0 Å². The zero-order chi connectivity index (χ0) is 12.5. The van der Waals surface area contributed by atoms with Gasteiger partial charge >= 0.3 is 0 Å². The van der Waals surface area contributed by atoms with E-state index in [2.05, 4.69) is 22.8 Å². The lowest BCUT2D eigenvalue weighted by atomic mass is 10.3. The lowest BCUT2D eigenvalue weighted by molar-refractivity contribution is -0.906. The van der Waals surface area contributed by atoms with Crippen LogP contribution < -0.4 is 15.6 Å². The Morgan fingerprint density at radius 3 is 2.76 bits per heavy atom. The second-order valence-corrected chi connectivity index (χ2v) is 4.59. The van der Waals surface area contributed by atoms with Crippen LogP contribution in [0.15, 0.2) is 5.10 Å². The molecule has 0 saturated carbocycles. The van der Waals surface area contributed by atoms with Crippen molar-refractivity contribution in [2.45, 2.75) is 20.3 Å². The number of nitrogens with zero attached hydrogens (tertiary/aromatic N) is 1. The lowest BCUT2D eigenvalue weighted by Crippen LogP contribution is -3.14. The zero-order valence-corrected chi connectivity index (χ0v) is 11.5. The second kappa shape index (κ2) is 8.38. The van der Waals surface area contributed by atoms with E-state index >= 15 is 0 Å². The highest BCUT2D eigenvalue weighted by molar-refractivity contribution is 7.80. The average Bonchev–Trinajstić information content (AvgIpc) is 2.37. The molecule has 0 atom stereocenters. The van der Waals surface area contributed by atoms with Crippen LogP contribution in [-0.4, -0.2) is 50.2 Å². The molecule has 0 spiro atoms. The third-order valence-corrected chi connectivity index (χ3v) is 3.06. The third kappa shape index (κ3) is 6.55. The summed E-state index contributed by atoms with van der Waals surface area (Å²) in [6.07, 6.45) is 0.938. The Kier molecular flexibility index (Phi) is 7.07. The SMILES string of the molecule is CC/C(C)=N\NC(=S)NCC[NH+]1CCOCC1. The first kappa shape index (κ1) is 14.3. The van der Waals surface area contributed by atoms with Crippen LogP contribution in [0.2, 0.25) is 0 Å². The Hall–Kier alpha value is -0.720. The molecule has 17 heavy (non-hydrogen) atoms. The van der Waals surface area contributed by atoms with Crippen molar-refractivity contribution >= 4 is 23.0 Å². The summed E-state index contributed by atoms with van der Waals surface area (Å²) in [7, 11) is 0. The Bertz CT molecular complexity index is 264. The van der Waals surface area contributed by atoms with E-state index in [0.29, 0.717) is 5.11 Å². The van der Waals surface area contributed by atoms with E-state index in [4.69, 9.17) is 17.0 Å². The molecular formula is C11H23N4OS+. The molecule has 1 saturated heterocycles. The van der Waals surface area contributed by atoms with Crippen LogP contribution in [0, 0.1) is 0 Å². The van der Waals surface area contributed by atoms with Gasteiger partial charge in [0.05, 0.1) is 26.3 Å². The fraction of sp³-hybridized carbons (Fsp3) is 0.818. The van der Waals surface area contributed by atoms with Crippen LogP contribution in [0.25, 0.3) is 0 Å². The van der Waals surface area contributed by atoms with Crippen molar-refractivity contribution < 1.29 is 9.64 Å². The maximum atomic E-state index is 5.31. The predicted molar refractivity (Wildman–Crippen MR) is 73.5 cm³/mol. The number of quaternary nitrogens is 1. The van der Waals surface area contributed by atoms with Gasteiger partial charge in [-0.1, -0.05) is 6.92 Å². The first-order valence-electron chi connectivity index (χ1n) is 6.20. The van der Waals surface area contributed by atoms with Gasteiger partial charge in [0.2, 0.25) is 0 Å². The Morgan fingerprint density at radius 1 is 1.41 bits per heavy atom. The Morgan fingerprint density at radius 2 is 2.12 bits per heavy atom. The smallest absolute Gasteiger partial charge is 0.187 e. The van der Waals surface area contributed by atoms with E-state index in [1.807, 2.05) is 6.92 Å².